The zero-order valence-electron chi connectivity index (χ0n) is 15.7. The summed E-state index contributed by atoms with van der Waals surface area (Å²) in [6, 6.07) is 12.6. The molecule has 0 saturated heterocycles. The molecule has 3 aromatic rings. The molecule has 1 heterocycles. The average molecular weight is 404 g/mol. The van der Waals surface area contributed by atoms with Crippen LogP contribution in [-0.4, -0.2) is 9.97 Å². The van der Waals surface area contributed by atoms with E-state index < -0.39 is 17.6 Å². The van der Waals surface area contributed by atoms with E-state index in [1.165, 1.54) is 24.3 Å². The molecule has 0 aliphatic rings. The molecule has 0 spiro atoms. The van der Waals surface area contributed by atoms with Gasteiger partial charge in [-0.25, -0.2) is 9.37 Å². The van der Waals surface area contributed by atoms with E-state index in [0.717, 1.165) is 31.0 Å². The molecule has 2 aromatic carbocycles. The highest BCUT2D eigenvalue weighted by Crippen LogP contribution is 2.36. The molecule has 1 aromatic heterocycles. The predicted octanol–water partition coefficient (Wildman–Crippen LogP) is 6.46. The lowest BCUT2D eigenvalue weighted by atomic mass is 10.1. The molecule has 0 aliphatic carbocycles. The van der Waals surface area contributed by atoms with Gasteiger partial charge in [-0.3, -0.25) is 0 Å². The van der Waals surface area contributed by atoms with E-state index in [1.807, 2.05) is 12.1 Å². The number of aryl methyl sites for hydroxylation is 1. The van der Waals surface area contributed by atoms with Crippen LogP contribution in [0.3, 0.4) is 0 Å². The second-order valence-electron chi connectivity index (χ2n) is 6.47. The third-order valence-electron chi connectivity index (χ3n) is 4.26. The smallest absolute Gasteiger partial charge is 0.339 e. The van der Waals surface area contributed by atoms with E-state index in [2.05, 4.69) is 27.5 Å². The van der Waals surface area contributed by atoms with Crippen molar-refractivity contribution in [2.45, 2.75) is 32.4 Å². The molecule has 4 nitrogen and oxygen atoms in total. The van der Waals surface area contributed by atoms with Crippen LogP contribution in [0.15, 0.2) is 54.7 Å². The lowest BCUT2D eigenvalue weighted by molar-refractivity contribution is -0.137. The molecule has 0 aliphatic heterocycles. The van der Waals surface area contributed by atoms with Crippen molar-refractivity contribution in [2.75, 3.05) is 10.6 Å². The second-order valence-corrected chi connectivity index (χ2v) is 6.47. The molecule has 0 atom stereocenters. The fourth-order valence-electron chi connectivity index (χ4n) is 2.76. The fraction of sp³-hybridized carbons (Fsp3) is 0.238. The lowest BCUT2D eigenvalue weighted by Gasteiger charge is -2.17. The van der Waals surface area contributed by atoms with E-state index in [-0.39, 0.29) is 11.8 Å². The summed E-state index contributed by atoms with van der Waals surface area (Å²) in [6.45, 7) is 2.05. The maximum Gasteiger partial charge on any atom is 0.421 e. The van der Waals surface area contributed by atoms with Crippen LogP contribution in [0.2, 0.25) is 0 Å². The Bertz CT molecular complexity index is 956. The highest BCUT2D eigenvalue weighted by atomic mass is 19.4. The number of anilines is 4. The summed E-state index contributed by atoms with van der Waals surface area (Å²) >= 11 is 0. The van der Waals surface area contributed by atoms with Gasteiger partial charge in [0.15, 0.2) is 0 Å². The number of hydrogen-bond donors (Lipinski definition) is 2. The Labute approximate surface area is 166 Å². The van der Waals surface area contributed by atoms with Crippen molar-refractivity contribution in [3.05, 3.63) is 71.7 Å². The Morgan fingerprint density at radius 3 is 2.38 bits per heavy atom. The van der Waals surface area contributed by atoms with Crippen molar-refractivity contribution < 1.29 is 17.6 Å². The number of benzene rings is 2. The van der Waals surface area contributed by atoms with Gasteiger partial charge in [-0.15, -0.1) is 0 Å². The Hall–Kier alpha value is -3.16. The van der Waals surface area contributed by atoms with Gasteiger partial charge >= 0.3 is 6.18 Å². The van der Waals surface area contributed by atoms with Gasteiger partial charge in [0, 0.05) is 17.6 Å². The molecule has 0 unspecified atom stereocenters. The first-order chi connectivity index (χ1) is 13.9. The molecule has 29 heavy (non-hydrogen) atoms. The van der Waals surface area contributed by atoms with E-state index >= 15 is 0 Å². The van der Waals surface area contributed by atoms with Crippen molar-refractivity contribution in [3.63, 3.8) is 0 Å². The van der Waals surface area contributed by atoms with Crippen molar-refractivity contribution in [1.29, 1.82) is 0 Å². The standard InChI is InChI=1S/C21H20F4N4/c1-2-3-6-14-7-4-5-8-18(14)28-19-17(21(23,24)25)13-26-20(29-19)27-16-11-9-15(22)10-12-16/h4-5,7-13H,2-3,6H2,1H3,(H2,26,27,28,29). The predicted molar refractivity (Wildman–Crippen MR) is 105 cm³/mol. The quantitative estimate of drug-likeness (QED) is 0.444. The van der Waals surface area contributed by atoms with Gasteiger partial charge in [0.1, 0.15) is 17.2 Å². The summed E-state index contributed by atoms with van der Waals surface area (Å²) in [7, 11) is 0. The Kier molecular flexibility index (Phi) is 6.31. The maximum absolute atomic E-state index is 13.5. The number of nitrogens with one attached hydrogen (secondary N) is 2. The number of nitrogens with zero attached hydrogens (tertiary/aromatic N) is 2. The molecular formula is C21H20F4N4. The van der Waals surface area contributed by atoms with Crippen LogP contribution in [0.5, 0.6) is 0 Å². The van der Waals surface area contributed by atoms with Gasteiger partial charge in [-0.1, -0.05) is 31.5 Å². The highest BCUT2D eigenvalue weighted by molar-refractivity contribution is 5.65. The van der Waals surface area contributed by atoms with Gasteiger partial charge in [0.05, 0.1) is 0 Å². The van der Waals surface area contributed by atoms with E-state index in [0.29, 0.717) is 11.4 Å². The van der Waals surface area contributed by atoms with Gasteiger partial charge in [0.25, 0.3) is 0 Å². The normalized spacial score (nSPS) is 11.3. The third kappa shape index (κ3) is 5.43. The summed E-state index contributed by atoms with van der Waals surface area (Å²) in [5, 5.41) is 5.61. The number of para-hydroxylation sites is 1. The van der Waals surface area contributed by atoms with Crippen LogP contribution >= 0.6 is 0 Å². The zero-order chi connectivity index (χ0) is 20.9. The number of alkyl halides is 3. The summed E-state index contributed by atoms with van der Waals surface area (Å²) in [5.74, 6) is -0.797. The molecule has 2 N–H and O–H groups in total. The van der Waals surface area contributed by atoms with Crippen LogP contribution < -0.4 is 10.6 Å². The van der Waals surface area contributed by atoms with Gasteiger partial charge < -0.3 is 10.6 Å². The number of unbranched alkanes of at least 4 members (excludes halogenated alkanes) is 1. The summed E-state index contributed by atoms with van der Waals surface area (Å²) < 4.78 is 53.5. The summed E-state index contributed by atoms with van der Waals surface area (Å²) in [4.78, 5) is 7.79. The molecule has 0 saturated carbocycles. The van der Waals surface area contributed by atoms with E-state index in [9.17, 15) is 17.6 Å². The molecule has 152 valence electrons. The first-order valence-electron chi connectivity index (χ1n) is 9.18. The Morgan fingerprint density at radius 1 is 0.966 bits per heavy atom. The lowest BCUT2D eigenvalue weighted by Crippen LogP contribution is -2.13. The van der Waals surface area contributed by atoms with Crippen molar-refractivity contribution in [1.82, 2.24) is 9.97 Å². The van der Waals surface area contributed by atoms with Crippen LogP contribution in [0.25, 0.3) is 0 Å². The number of rotatable bonds is 7. The number of hydrogen-bond acceptors (Lipinski definition) is 4. The van der Waals surface area contributed by atoms with Crippen LogP contribution in [0, 0.1) is 5.82 Å². The van der Waals surface area contributed by atoms with Gasteiger partial charge in [-0.2, -0.15) is 18.2 Å². The van der Waals surface area contributed by atoms with Crippen molar-refractivity contribution in [3.8, 4) is 0 Å². The van der Waals surface area contributed by atoms with Crippen molar-refractivity contribution in [2.24, 2.45) is 0 Å². The number of halogens is 4. The minimum atomic E-state index is -4.62. The van der Waals surface area contributed by atoms with E-state index in [4.69, 9.17) is 0 Å². The van der Waals surface area contributed by atoms with Crippen LogP contribution in [-0.2, 0) is 12.6 Å². The molecule has 8 heteroatoms. The third-order valence-corrected chi connectivity index (χ3v) is 4.26. The second kappa shape index (κ2) is 8.89. The highest BCUT2D eigenvalue weighted by Gasteiger charge is 2.35. The maximum atomic E-state index is 13.5. The topological polar surface area (TPSA) is 49.8 Å². The Balaban J connectivity index is 1.94. The average Bonchev–Trinajstić information content (AvgIpc) is 2.68. The largest absolute Gasteiger partial charge is 0.421 e. The van der Waals surface area contributed by atoms with Crippen LogP contribution in [0.1, 0.15) is 30.9 Å². The molecule has 0 fully saturated rings. The molecule has 0 bridgehead atoms. The van der Waals surface area contributed by atoms with Crippen LogP contribution in [0.4, 0.5) is 40.7 Å². The first-order valence-corrected chi connectivity index (χ1v) is 9.18. The SMILES string of the molecule is CCCCc1ccccc1Nc1nc(Nc2ccc(F)cc2)ncc1C(F)(F)F. The van der Waals surface area contributed by atoms with Crippen molar-refractivity contribution >= 4 is 23.1 Å². The molecule has 0 radical (unpaired) electrons. The minimum Gasteiger partial charge on any atom is -0.339 e. The molecule has 3 rings (SSSR count). The Morgan fingerprint density at radius 2 is 1.69 bits per heavy atom. The fourth-order valence-corrected chi connectivity index (χ4v) is 2.76. The monoisotopic (exact) mass is 404 g/mol. The van der Waals surface area contributed by atoms with Gasteiger partial charge in [-0.05, 0) is 48.7 Å². The summed E-state index contributed by atoms with van der Waals surface area (Å²) in [5.41, 5.74) is 0.972. The van der Waals surface area contributed by atoms with E-state index in [1.54, 1.807) is 12.1 Å². The number of aromatic nitrogens is 2. The zero-order valence-corrected chi connectivity index (χ0v) is 15.7. The summed E-state index contributed by atoms with van der Waals surface area (Å²) in [6.07, 6.45) is -1.24. The minimum absolute atomic E-state index is 0.0295. The molecule has 0 amide bonds. The first kappa shape index (κ1) is 20.6. The molecular weight excluding hydrogens is 384 g/mol. The van der Waals surface area contributed by atoms with Gasteiger partial charge in [0.2, 0.25) is 5.95 Å².